The highest BCUT2D eigenvalue weighted by atomic mass is 32.2. The van der Waals surface area contributed by atoms with Crippen LogP contribution >= 0.6 is 11.8 Å². The molecule has 0 N–H and O–H groups in total. The summed E-state index contributed by atoms with van der Waals surface area (Å²) in [6, 6.07) is 2.24. The van der Waals surface area contributed by atoms with E-state index in [1.54, 1.807) is 0 Å². The molecule has 1 unspecified atom stereocenters. The molecule has 0 aromatic heterocycles. The summed E-state index contributed by atoms with van der Waals surface area (Å²) in [5, 5.41) is 9.46. The number of rotatable bonds is 5. The molecule has 2 nitrogen and oxygen atoms in total. The zero-order chi connectivity index (χ0) is 9.61. The molecule has 0 radical (unpaired) electrons. The largest absolute Gasteiger partial charge is 0.488 e. The van der Waals surface area contributed by atoms with Crippen molar-refractivity contribution in [3.05, 3.63) is 11.7 Å². The maximum Gasteiger partial charge on any atom is 0.147 e. The number of hydrogen-bond acceptors (Lipinski definition) is 3. The predicted molar refractivity (Wildman–Crippen MR) is 52.7 cm³/mol. The molecule has 0 spiro atoms. The molecule has 3 heteroatoms. The Morgan fingerprint density at radius 2 is 2.25 bits per heavy atom. The Morgan fingerprint density at radius 1 is 1.67 bits per heavy atom. The standard InChI is InChI=1S/C9H15NOS/c1-5-9(4,7-10)12-8(3)11-6-2/h3,5-6H2,1-2,4H3. The van der Waals surface area contributed by atoms with Crippen LogP contribution < -0.4 is 0 Å². The van der Waals surface area contributed by atoms with Gasteiger partial charge in [-0.15, -0.1) is 0 Å². The lowest BCUT2D eigenvalue weighted by Crippen LogP contribution is -2.15. The fraction of sp³-hybridized carbons (Fsp3) is 0.667. The van der Waals surface area contributed by atoms with E-state index in [9.17, 15) is 0 Å². The van der Waals surface area contributed by atoms with Gasteiger partial charge in [0, 0.05) is 0 Å². The van der Waals surface area contributed by atoms with Gasteiger partial charge in [0.2, 0.25) is 0 Å². The lowest BCUT2D eigenvalue weighted by atomic mass is 10.1. The molecule has 0 amide bonds. The minimum absolute atomic E-state index is 0.397. The average Bonchev–Trinajstić information content (AvgIpc) is 2.05. The van der Waals surface area contributed by atoms with Crippen LogP contribution in [0, 0.1) is 11.3 Å². The van der Waals surface area contributed by atoms with Gasteiger partial charge in [-0.3, -0.25) is 0 Å². The molecule has 0 aliphatic rings. The van der Waals surface area contributed by atoms with Crippen LogP contribution in [0.25, 0.3) is 0 Å². The Hall–Kier alpha value is -0.620. The van der Waals surface area contributed by atoms with E-state index in [0.29, 0.717) is 11.7 Å². The molecule has 0 saturated heterocycles. The highest BCUT2D eigenvalue weighted by Gasteiger charge is 2.23. The minimum Gasteiger partial charge on any atom is -0.488 e. The molecule has 0 fully saturated rings. The highest BCUT2D eigenvalue weighted by Crippen LogP contribution is 2.33. The second-order valence-corrected chi connectivity index (χ2v) is 4.16. The van der Waals surface area contributed by atoms with Gasteiger partial charge in [-0.2, -0.15) is 5.26 Å². The average molecular weight is 185 g/mol. The van der Waals surface area contributed by atoms with Crippen LogP contribution in [0.4, 0.5) is 0 Å². The number of nitrogens with zero attached hydrogens (tertiary/aromatic N) is 1. The highest BCUT2D eigenvalue weighted by molar-refractivity contribution is 8.04. The molecule has 0 saturated carbocycles. The van der Waals surface area contributed by atoms with Crippen molar-refractivity contribution in [3.63, 3.8) is 0 Å². The summed E-state index contributed by atoms with van der Waals surface area (Å²) in [5.41, 5.74) is 0. The van der Waals surface area contributed by atoms with Crippen molar-refractivity contribution in [3.8, 4) is 6.07 Å². The summed E-state index contributed by atoms with van der Waals surface area (Å²) in [4.78, 5) is 0. The van der Waals surface area contributed by atoms with Crippen LogP contribution in [-0.2, 0) is 4.74 Å². The summed E-state index contributed by atoms with van der Waals surface area (Å²) in [6.07, 6.45) is 0.792. The first-order chi connectivity index (χ1) is 5.58. The van der Waals surface area contributed by atoms with E-state index in [-0.39, 0.29) is 0 Å². The normalized spacial score (nSPS) is 14.5. The van der Waals surface area contributed by atoms with E-state index in [2.05, 4.69) is 12.6 Å². The summed E-state index contributed by atoms with van der Waals surface area (Å²) in [7, 11) is 0. The Morgan fingerprint density at radius 3 is 2.58 bits per heavy atom. The SMILES string of the molecule is C=C(OCC)SC(C)(C#N)CC. The van der Waals surface area contributed by atoms with Crippen molar-refractivity contribution in [2.24, 2.45) is 0 Å². The van der Waals surface area contributed by atoms with Crippen molar-refractivity contribution < 1.29 is 4.74 Å². The number of ether oxygens (including phenoxy) is 1. The Bertz CT molecular complexity index is 197. The molecule has 68 valence electrons. The van der Waals surface area contributed by atoms with Crippen molar-refractivity contribution in [2.45, 2.75) is 31.9 Å². The van der Waals surface area contributed by atoms with Crippen LogP contribution in [0.1, 0.15) is 27.2 Å². The molecule has 0 aromatic carbocycles. The second kappa shape index (κ2) is 5.10. The van der Waals surface area contributed by atoms with Crippen molar-refractivity contribution in [2.75, 3.05) is 6.61 Å². The fourth-order valence-electron chi connectivity index (χ4n) is 0.616. The number of thioether (sulfide) groups is 1. The monoisotopic (exact) mass is 185 g/mol. The van der Waals surface area contributed by atoms with E-state index in [1.165, 1.54) is 11.8 Å². The van der Waals surface area contributed by atoms with E-state index >= 15 is 0 Å². The zero-order valence-electron chi connectivity index (χ0n) is 7.89. The van der Waals surface area contributed by atoms with Gasteiger partial charge in [0.25, 0.3) is 0 Å². The van der Waals surface area contributed by atoms with Gasteiger partial charge in [-0.1, -0.05) is 18.7 Å². The molecule has 12 heavy (non-hydrogen) atoms. The van der Waals surface area contributed by atoms with Gasteiger partial charge in [-0.25, -0.2) is 0 Å². The van der Waals surface area contributed by atoms with Crippen LogP contribution in [0.2, 0.25) is 0 Å². The third-order valence-corrected chi connectivity index (χ3v) is 2.73. The van der Waals surface area contributed by atoms with E-state index in [0.717, 1.165) is 6.42 Å². The van der Waals surface area contributed by atoms with E-state index in [4.69, 9.17) is 10.00 Å². The third-order valence-electron chi connectivity index (χ3n) is 1.56. The fourth-order valence-corrected chi connectivity index (χ4v) is 1.48. The molecular weight excluding hydrogens is 170 g/mol. The van der Waals surface area contributed by atoms with Gasteiger partial charge in [0.1, 0.15) is 9.84 Å². The molecular formula is C9H15NOS. The van der Waals surface area contributed by atoms with Gasteiger partial charge < -0.3 is 4.74 Å². The maximum absolute atomic E-state index is 8.83. The Balaban J connectivity index is 4.05. The first-order valence-electron chi connectivity index (χ1n) is 4.00. The third kappa shape index (κ3) is 3.68. The topological polar surface area (TPSA) is 33.0 Å². The van der Waals surface area contributed by atoms with Crippen molar-refractivity contribution >= 4 is 11.8 Å². The zero-order valence-corrected chi connectivity index (χ0v) is 8.70. The van der Waals surface area contributed by atoms with E-state index < -0.39 is 4.75 Å². The lowest BCUT2D eigenvalue weighted by Gasteiger charge is -2.19. The molecule has 0 bridgehead atoms. The molecule has 1 atom stereocenters. The first kappa shape index (κ1) is 11.4. The number of hydrogen-bond donors (Lipinski definition) is 0. The molecule has 0 heterocycles. The number of nitriles is 1. The molecule has 0 aromatic rings. The van der Waals surface area contributed by atoms with Gasteiger partial charge in [0.05, 0.1) is 12.7 Å². The van der Waals surface area contributed by atoms with Crippen molar-refractivity contribution in [1.82, 2.24) is 0 Å². The van der Waals surface area contributed by atoms with Crippen LogP contribution in [0.3, 0.4) is 0 Å². The summed E-state index contributed by atoms with van der Waals surface area (Å²) in [6.45, 7) is 10.1. The Labute approximate surface area is 78.6 Å². The first-order valence-corrected chi connectivity index (χ1v) is 4.81. The minimum atomic E-state index is -0.397. The molecule has 0 aliphatic carbocycles. The summed E-state index contributed by atoms with van der Waals surface area (Å²) >= 11 is 1.39. The molecule has 0 aliphatic heterocycles. The summed E-state index contributed by atoms with van der Waals surface area (Å²) in [5.74, 6) is 0. The van der Waals surface area contributed by atoms with Crippen LogP contribution in [-0.4, -0.2) is 11.4 Å². The predicted octanol–water partition coefficient (Wildman–Crippen LogP) is 2.92. The van der Waals surface area contributed by atoms with Gasteiger partial charge >= 0.3 is 0 Å². The van der Waals surface area contributed by atoms with Crippen molar-refractivity contribution in [1.29, 1.82) is 5.26 Å². The lowest BCUT2D eigenvalue weighted by molar-refractivity contribution is 0.258. The summed E-state index contributed by atoms with van der Waals surface area (Å²) < 4.78 is 4.76. The smallest absolute Gasteiger partial charge is 0.147 e. The van der Waals surface area contributed by atoms with Crippen LogP contribution in [0.5, 0.6) is 0 Å². The Kier molecular flexibility index (Phi) is 4.84. The van der Waals surface area contributed by atoms with Crippen LogP contribution in [0.15, 0.2) is 11.7 Å². The van der Waals surface area contributed by atoms with Gasteiger partial charge in [-0.05, 0) is 26.8 Å². The quantitative estimate of drug-likeness (QED) is 0.617. The van der Waals surface area contributed by atoms with E-state index in [1.807, 2.05) is 20.8 Å². The molecule has 0 rings (SSSR count). The maximum atomic E-state index is 8.83. The van der Waals surface area contributed by atoms with Gasteiger partial charge in [0.15, 0.2) is 0 Å². The second-order valence-electron chi connectivity index (χ2n) is 2.60.